The molecule has 1 saturated carbocycles. The molecule has 2 fully saturated rings. The van der Waals surface area contributed by atoms with Gasteiger partial charge >= 0.3 is 0 Å². The average Bonchev–Trinajstić information content (AvgIpc) is 3.34. The molecule has 0 aromatic carbocycles. The van der Waals surface area contributed by atoms with Gasteiger partial charge in [0.1, 0.15) is 5.51 Å². The summed E-state index contributed by atoms with van der Waals surface area (Å²) in [6, 6.07) is 1.35. The van der Waals surface area contributed by atoms with E-state index >= 15 is 0 Å². The number of hydrogen-bond donors (Lipinski definition) is 2. The van der Waals surface area contributed by atoms with Crippen LogP contribution in [0.3, 0.4) is 0 Å². The van der Waals surface area contributed by atoms with Crippen molar-refractivity contribution in [3.63, 3.8) is 0 Å². The van der Waals surface area contributed by atoms with Crippen molar-refractivity contribution in [2.45, 2.75) is 31.9 Å². The fourth-order valence-electron chi connectivity index (χ4n) is 3.94. The lowest BCUT2D eigenvalue weighted by Crippen LogP contribution is -2.49. The van der Waals surface area contributed by atoms with Crippen LogP contribution in [0.4, 0.5) is 5.13 Å². The van der Waals surface area contributed by atoms with Crippen molar-refractivity contribution in [1.82, 2.24) is 15.5 Å². The zero-order valence-electron chi connectivity index (χ0n) is 14.3. The van der Waals surface area contributed by atoms with Gasteiger partial charge < -0.3 is 15.3 Å². The summed E-state index contributed by atoms with van der Waals surface area (Å²) in [5.41, 5.74) is 2.21. The van der Waals surface area contributed by atoms with Crippen LogP contribution in [0, 0.1) is 11.8 Å². The van der Waals surface area contributed by atoms with Crippen LogP contribution < -0.4 is 10.2 Å². The number of anilines is 1. The zero-order chi connectivity index (χ0) is 18.3. The summed E-state index contributed by atoms with van der Waals surface area (Å²) < 4.78 is 0. The molecule has 3 heterocycles. The summed E-state index contributed by atoms with van der Waals surface area (Å²) in [5.74, 6) is 0.558. The molecule has 2 N–H and O–H groups in total. The first-order valence-corrected chi connectivity index (χ1v) is 10.4. The molecule has 2 aromatic heterocycles. The third-order valence-corrected chi connectivity index (χ3v) is 7.07. The van der Waals surface area contributed by atoms with E-state index in [1.54, 1.807) is 17.0 Å². The maximum atomic E-state index is 12.5. The predicted molar refractivity (Wildman–Crippen MR) is 99.9 cm³/mol. The molecule has 1 aliphatic carbocycles. The summed E-state index contributed by atoms with van der Waals surface area (Å²) in [5, 5.41) is 24.1. The van der Waals surface area contributed by atoms with E-state index < -0.39 is 6.10 Å². The SMILES string of the molecule is CC(=O)c1cc(C(=O)N[C@H]2C[C@H]3CN(c4nncs4)C[C@H]3C[C@@H]2O)cs1. The van der Waals surface area contributed by atoms with E-state index in [-0.39, 0.29) is 17.7 Å². The number of hydrogen-bond acceptors (Lipinski definition) is 8. The smallest absolute Gasteiger partial charge is 0.252 e. The largest absolute Gasteiger partial charge is 0.391 e. The second-order valence-corrected chi connectivity index (χ2v) is 8.74. The molecular formula is C17H20N4O3S2. The summed E-state index contributed by atoms with van der Waals surface area (Å²) in [6.45, 7) is 3.25. The maximum absolute atomic E-state index is 12.5. The molecule has 9 heteroatoms. The number of fused-ring (bicyclic) bond motifs is 1. The van der Waals surface area contributed by atoms with Gasteiger partial charge in [-0.2, -0.15) is 0 Å². The summed E-state index contributed by atoms with van der Waals surface area (Å²) >= 11 is 2.80. The lowest BCUT2D eigenvalue weighted by Gasteiger charge is -2.35. The molecule has 1 aliphatic heterocycles. The van der Waals surface area contributed by atoms with E-state index in [4.69, 9.17) is 0 Å². The molecule has 0 bridgehead atoms. The highest BCUT2D eigenvalue weighted by atomic mass is 32.1. The third-order valence-electron chi connectivity index (χ3n) is 5.29. The number of thiophene rings is 1. The second-order valence-electron chi connectivity index (χ2n) is 7.02. The van der Waals surface area contributed by atoms with Crippen molar-refractivity contribution < 1.29 is 14.7 Å². The fraction of sp³-hybridized carbons (Fsp3) is 0.529. The first-order valence-electron chi connectivity index (χ1n) is 8.60. The Balaban J connectivity index is 1.40. The minimum absolute atomic E-state index is 0.0442. The Morgan fingerprint density at radius 1 is 1.27 bits per heavy atom. The lowest BCUT2D eigenvalue weighted by molar-refractivity contribution is 0.0462. The van der Waals surface area contributed by atoms with E-state index in [2.05, 4.69) is 20.4 Å². The number of aliphatic hydroxyl groups is 1. The number of carbonyl (C=O) groups is 2. The molecule has 2 aliphatic rings. The van der Waals surface area contributed by atoms with Crippen LogP contribution in [0.2, 0.25) is 0 Å². The maximum Gasteiger partial charge on any atom is 0.252 e. The molecule has 7 nitrogen and oxygen atoms in total. The molecule has 0 unspecified atom stereocenters. The Bertz CT molecular complexity index is 807. The van der Waals surface area contributed by atoms with Gasteiger partial charge in [-0.05, 0) is 37.7 Å². The standard InChI is InChI=1S/C17H20N4O3S2/c1-9(22)15-4-12(7-25-15)16(24)19-13-2-10-5-21(17-20-18-8-26-17)6-11(10)3-14(13)23/h4,7-8,10-11,13-14,23H,2-3,5-6H2,1H3,(H,19,24)/t10-,11+,13-,14-/m0/s1. The Morgan fingerprint density at radius 2 is 2.04 bits per heavy atom. The molecule has 2 aromatic rings. The number of nitrogens with one attached hydrogen (secondary N) is 1. The molecule has 0 radical (unpaired) electrons. The molecule has 0 spiro atoms. The van der Waals surface area contributed by atoms with Gasteiger partial charge in [-0.25, -0.2) is 0 Å². The van der Waals surface area contributed by atoms with Gasteiger partial charge in [0.25, 0.3) is 5.91 Å². The molecule has 4 rings (SSSR count). The van der Waals surface area contributed by atoms with Crippen molar-refractivity contribution >= 4 is 39.5 Å². The number of rotatable bonds is 4. The van der Waals surface area contributed by atoms with Crippen molar-refractivity contribution in [2.75, 3.05) is 18.0 Å². The average molecular weight is 393 g/mol. The van der Waals surface area contributed by atoms with E-state index in [9.17, 15) is 14.7 Å². The Kier molecular flexibility index (Phi) is 4.76. The Labute approximate surface area is 159 Å². The first-order chi connectivity index (χ1) is 12.5. The van der Waals surface area contributed by atoms with Crippen LogP contribution in [0.5, 0.6) is 0 Å². The van der Waals surface area contributed by atoms with Gasteiger partial charge in [-0.1, -0.05) is 11.3 Å². The predicted octanol–water partition coefficient (Wildman–Crippen LogP) is 1.81. The van der Waals surface area contributed by atoms with Crippen molar-refractivity contribution in [3.8, 4) is 0 Å². The highest BCUT2D eigenvalue weighted by Crippen LogP contribution is 2.38. The minimum Gasteiger partial charge on any atom is -0.391 e. The highest BCUT2D eigenvalue weighted by Gasteiger charge is 2.42. The first kappa shape index (κ1) is 17.6. The van der Waals surface area contributed by atoms with Crippen LogP contribution in [-0.2, 0) is 0 Å². The van der Waals surface area contributed by atoms with E-state index in [0.29, 0.717) is 28.7 Å². The topological polar surface area (TPSA) is 95.4 Å². The number of aromatic nitrogens is 2. The third kappa shape index (κ3) is 3.38. The highest BCUT2D eigenvalue weighted by molar-refractivity contribution is 7.13. The number of carbonyl (C=O) groups excluding carboxylic acids is 2. The molecule has 138 valence electrons. The van der Waals surface area contributed by atoms with E-state index in [1.807, 2.05) is 0 Å². The van der Waals surface area contributed by atoms with Crippen LogP contribution in [0.15, 0.2) is 17.0 Å². The monoisotopic (exact) mass is 392 g/mol. The van der Waals surface area contributed by atoms with Crippen LogP contribution in [0.1, 0.15) is 39.8 Å². The van der Waals surface area contributed by atoms with Crippen LogP contribution in [0.25, 0.3) is 0 Å². The summed E-state index contributed by atoms with van der Waals surface area (Å²) in [6.07, 6.45) is 0.865. The Hall–Kier alpha value is -1.84. The Morgan fingerprint density at radius 3 is 2.69 bits per heavy atom. The number of aliphatic hydroxyl groups excluding tert-OH is 1. The molecule has 26 heavy (non-hydrogen) atoms. The number of nitrogens with zero attached hydrogens (tertiary/aromatic N) is 3. The minimum atomic E-state index is -0.555. The van der Waals surface area contributed by atoms with Gasteiger partial charge in [0.2, 0.25) is 5.13 Å². The fourth-order valence-corrected chi connectivity index (χ4v) is 5.31. The van der Waals surface area contributed by atoms with Gasteiger partial charge in [0, 0.05) is 18.5 Å². The van der Waals surface area contributed by atoms with Crippen molar-refractivity contribution in [1.29, 1.82) is 0 Å². The summed E-state index contributed by atoms with van der Waals surface area (Å²) in [7, 11) is 0. The van der Waals surface area contributed by atoms with E-state index in [0.717, 1.165) is 24.6 Å². The van der Waals surface area contributed by atoms with Crippen LogP contribution >= 0.6 is 22.7 Å². The second kappa shape index (κ2) is 7.05. The van der Waals surface area contributed by atoms with Crippen molar-refractivity contribution in [3.05, 3.63) is 27.4 Å². The van der Waals surface area contributed by atoms with Crippen LogP contribution in [-0.4, -0.2) is 52.2 Å². The number of Topliss-reactive ketones (excluding diaryl/α,β-unsaturated/α-hetero) is 1. The molecule has 1 amide bonds. The number of amides is 1. The lowest BCUT2D eigenvalue weighted by atomic mass is 9.77. The van der Waals surface area contributed by atoms with Gasteiger partial charge in [-0.15, -0.1) is 21.5 Å². The van der Waals surface area contributed by atoms with E-state index in [1.165, 1.54) is 29.6 Å². The number of ketones is 1. The molecule has 1 saturated heterocycles. The normalized spacial score (nSPS) is 28.0. The molecule has 4 atom stereocenters. The van der Waals surface area contributed by atoms with Gasteiger partial charge in [0.15, 0.2) is 5.78 Å². The summed E-state index contributed by atoms with van der Waals surface area (Å²) in [4.78, 5) is 26.7. The molecular weight excluding hydrogens is 372 g/mol. The zero-order valence-corrected chi connectivity index (χ0v) is 15.9. The van der Waals surface area contributed by atoms with Crippen molar-refractivity contribution in [2.24, 2.45) is 11.8 Å². The quantitative estimate of drug-likeness (QED) is 0.771. The van der Waals surface area contributed by atoms with Gasteiger partial charge in [0.05, 0.1) is 22.6 Å². The van der Waals surface area contributed by atoms with Gasteiger partial charge in [-0.3, -0.25) is 9.59 Å².